The first kappa shape index (κ1) is 20.4. The molecule has 1 aromatic heterocycles. The van der Waals surface area contributed by atoms with Crippen LogP contribution in [0.25, 0.3) is 0 Å². The Bertz CT molecular complexity index is 962. The summed E-state index contributed by atoms with van der Waals surface area (Å²) in [6.45, 7) is 0.910. The number of nitrogens with zero attached hydrogens (tertiary/aromatic N) is 3. The number of hydrogen-bond donors (Lipinski definition) is 0. The molecule has 2 saturated heterocycles. The van der Waals surface area contributed by atoms with Crippen LogP contribution in [0.3, 0.4) is 0 Å². The molecule has 9 heteroatoms. The highest BCUT2D eigenvalue weighted by atomic mass is 32.1. The summed E-state index contributed by atoms with van der Waals surface area (Å²) in [5.41, 5.74) is 0.969. The summed E-state index contributed by atoms with van der Waals surface area (Å²) in [4.78, 5) is 42.8. The highest BCUT2D eigenvalue weighted by Crippen LogP contribution is 2.39. The van der Waals surface area contributed by atoms with Crippen molar-refractivity contribution >= 4 is 29.2 Å². The van der Waals surface area contributed by atoms with E-state index < -0.39 is 17.8 Å². The Balaban J connectivity index is 1.52. The van der Waals surface area contributed by atoms with Crippen molar-refractivity contribution in [3.05, 3.63) is 46.2 Å². The monoisotopic (exact) mass is 429 g/mol. The van der Waals surface area contributed by atoms with Crippen LogP contribution in [-0.2, 0) is 16.1 Å². The van der Waals surface area contributed by atoms with Crippen LogP contribution in [0, 0.1) is 0 Å². The number of ether oxygens (including phenoxy) is 2. The SMILES string of the molecule is COc1ccc([C@@H]2CCCN2CN2C(=O)C(=O)N(Cc3cccs3)C2=O)c(OC)c1. The molecule has 2 aliphatic rings. The van der Waals surface area contributed by atoms with Crippen molar-refractivity contribution in [2.45, 2.75) is 25.4 Å². The number of likely N-dealkylation sites (tertiary alicyclic amines) is 1. The number of rotatable bonds is 7. The first-order chi connectivity index (χ1) is 14.5. The molecule has 4 amide bonds. The molecule has 0 unspecified atom stereocenters. The standard InChI is InChI=1S/C21H23N3O5S/c1-28-14-7-8-16(18(11-14)29-2)17-6-3-9-22(17)13-24-20(26)19(25)23(21(24)27)12-15-5-4-10-30-15/h4-5,7-8,10-11,17H,3,6,9,12-13H2,1-2H3/t17-/m0/s1. The largest absolute Gasteiger partial charge is 0.497 e. The lowest BCUT2D eigenvalue weighted by Gasteiger charge is -2.29. The molecule has 0 bridgehead atoms. The molecule has 2 aromatic rings. The Morgan fingerprint density at radius 1 is 1.07 bits per heavy atom. The second kappa shape index (κ2) is 8.45. The van der Waals surface area contributed by atoms with Gasteiger partial charge in [-0.1, -0.05) is 12.1 Å². The topological polar surface area (TPSA) is 79.4 Å². The first-order valence-corrected chi connectivity index (χ1v) is 10.6. The Morgan fingerprint density at radius 2 is 1.87 bits per heavy atom. The van der Waals surface area contributed by atoms with E-state index in [2.05, 4.69) is 0 Å². The molecule has 0 radical (unpaired) electrons. The van der Waals surface area contributed by atoms with Crippen molar-refractivity contribution in [2.24, 2.45) is 0 Å². The second-order valence-electron chi connectivity index (χ2n) is 7.21. The zero-order valence-electron chi connectivity index (χ0n) is 16.9. The lowest BCUT2D eigenvalue weighted by Crippen LogP contribution is -2.42. The van der Waals surface area contributed by atoms with Crippen LogP contribution in [0.4, 0.5) is 4.79 Å². The van der Waals surface area contributed by atoms with E-state index in [0.29, 0.717) is 11.5 Å². The smallest absolute Gasteiger partial charge is 0.335 e. The second-order valence-corrected chi connectivity index (χ2v) is 8.24. The lowest BCUT2D eigenvalue weighted by atomic mass is 10.0. The fourth-order valence-corrected chi connectivity index (χ4v) is 4.69. The summed E-state index contributed by atoms with van der Waals surface area (Å²) in [6.07, 6.45) is 1.79. The highest BCUT2D eigenvalue weighted by molar-refractivity contribution is 7.09. The van der Waals surface area contributed by atoms with E-state index in [1.165, 1.54) is 11.3 Å². The maximum atomic E-state index is 12.8. The Kier molecular flexibility index (Phi) is 5.74. The van der Waals surface area contributed by atoms with Gasteiger partial charge in [-0.25, -0.2) is 9.69 Å². The number of imide groups is 2. The van der Waals surface area contributed by atoms with Crippen LogP contribution in [0.1, 0.15) is 29.3 Å². The zero-order chi connectivity index (χ0) is 21.3. The molecular weight excluding hydrogens is 406 g/mol. The minimum Gasteiger partial charge on any atom is -0.497 e. The Hall–Kier alpha value is -2.91. The molecule has 1 atom stereocenters. The molecule has 0 spiro atoms. The Morgan fingerprint density at radius 3 is 2.57 bits per heavy atom. The van der Waals surface area contributed by atoms with Crippen LogP contribution in [-0.4, -0.2) is 60.0 Å². The maximum absolute atomic E-state index is 12.8. The minimum absolute atomic E-state index is 0.0205. The zero-order valence-corrected chi connectivity index (χ0v) is 17.7. The van der Waals surface area contributed by atoms with Gasteiger partial charge in [0.2, 0.25) is 0 Å². The van der Waals surface area contributed by atoms with E-state index in [9.17, 15) is 14.4 Å². The summed E-state index contributed by atoms with van der Waals surface area (Å²) in [7, 11) is 3.20. The van der Waals surface area contributed by atoms with Gasteiger partial charge in [-0.3, -0.25) is 19.4 Å². The Labute approximate surface area is 178 Å². The molecule has 3 heterocycles. The average Bonchev–Trinajstić information content (AvgIpc) is 3.49. The predicted octanol–water partition coefficient (Wildman–Crippen LogP) is 2.85. The van der Waals surface area contributed by atoms with Crippen molar-refractivity contribution in [1.29, 1.82) is 0 Å². The number of carbonyl (C=O) groups is 3. The fourth-order valence-electron chi connectivity index (χ4n) is 4.00. The molecule has 0 N–H and O–H groups in total. The van der Waals surface area contributed by atoms with E-state index in [-0.39, 0.29) is 19.3 Å². The molecular formula is C21H23N3O5S. The van der Waals surface area contributed by atoms with Crippen LogP contribution in [0.5, 0.6) is 11.5 Å². The molecule has 1 aromatic carbocycles. The number of carbonyl (C=O) groups excluding carboxylic acids is 3. The first-order valence-electron chi connectivity index (χ1n) is 9.69. The van der Waals surface area contributed by atoms with E-state index in [1.807, 2.05) is 40.6 Å². The molecule has 30 heavy (non-hydrogen) atoms. The van der Waals surface area contributed by atoms with E-state index in [4.69, 9.17) is 9.47 Å². The highest BCUT2D eigenvalue weighted by Gasteiger charge is 2.46. The van der Waals surface area contributed by atoms with Gasteiger partial charge < -0.3 is 9.47 Å². The average molecular weight is 429 g/mol. The minimum atomic E-state index is -0.774. The number of amides is 4. The molecule has 2 fully saturated rings. The summed E-state index contributed by atoms with van der Waals surface area (Å²) < 4.78 is 10.8. The number of methoxy groups -OCH3 is 2. The van der Waals surface area contributed by atoms with Crippen molar-refractivity contribution < 1.29 is 23.9 Å². The van der Waals surface area contributed by atoms with Crippen molar-refractivity contribution in [3.63, 3.8) is 0 Å². The summed E-state index contributed by atoms with van der Waals surface area (Å²) in [6, 6.07) is 8.74. The van der Waals surface area contributed by atoms with Crippen LogP contribution in [0.2, 0.25) is 0 Å². The number of urea groups is 1. The third-order valence-corrected chi connectivity index (χ3v) is 6.38. The van der Waals surface area contributed by atoms with Gasteiger partial charge in [0, 0.05) is 29.1 Å². The molecule has 0 aliphatic carbocycles. The number of benzene rings is 1. The van der Waals surface area contributed by atoms with Gasteiger partial charge in [-0.05, 0) is 30.4 Å². The normalized spacial score (nSPS) is 19.8. The molecule has 4 rings (SSSR count). The predicted molar refractivity (Wildman–Crippen MR) is 110 cm³/mol. The van der Waals surface area contributed by atoms with Crippen LogP contribution >= 0.6 is 11.3 Å². The van der Waals surface area contributed by atoms with E-state index in [0.717, 1.165) is 39.6 Å². The summed E-state index contributed by atoms with van der Waals surface area (Å²) >= 11 is 1.44. The van der Waals surface area contributed by atoms with Gasteiger partial charge in [0.05, 0.1) is 27.4 Å². The summed E-state index contributed by atoms with van der Waals surface area (Å²) in [5, 5.41) is 1.87. The van der Waals surface area contributed by atoms with Crippen LogP contribution < -0.4 is 9.47 Å². The van der Waals surface area contributed by atoms with Gasteiger partial charge in [0.25, 0.3) is 0 Å². The van der Waals surface area contributed by atoms with Crippen molar-refractivity contribution in [3.8, 4) is 11.5 Å². The molecule has 8 nitrogen and oxygen atoms in total. The lowest BCUT2D eigenvalue weighted by molar-refractivity contribution is -0.144. The van der Waals surface area contributed by atoms with Crippen LogP contribution in [0.15, 0.2) is 35.7 Å². The van der Waals surface area contributed by atoms with Gasteiger partial charge in [-0.15, -0.1) is 11.3 Å². The number of hydrogen-bond acceptors (Lipinski definition) is 7. The number of thiophene rings is 1. The molecule has 2 aliphatic heterocycles. The van der Waals surface area contributed by atoms with Gasteiger partial charge >= 0.3 is 17.8 Å². The van der Waals surface area contributed by atoms with Gasteiger partial charge in [0.15, 0.2) is 0 Å². The van der Waals surface area contributed by atoms with E-state index in [1.54, 1.807) is 14.2 Å². The van der Waals surface area contributed by atoms with Crippen molar-refractivity contribution in [2.75, 3.05) is 27.4 Å². The fraction of sp³-hybridized carbons (Fsp3) is 0.381. The van der Waals surface area contributed by atoms with Crippen molar-refractivity contribution in [1.82, 2.24) is 14.7 Å². The van der Waals surface area contributed by atoms with Gasteiger partial charge in [0.1, 0.15) is 11.5 Å². The molecule has 0 saturated carbocycles. The summed E-state index contributed by atoms with van der Waals surface area (Å²) in [5.74, 6) is -0.157. The van der Waals surface area contributed by atoms with Gasteiger partial charge in [-0.2, -0.15) is 0 Å². The maximum Gasteiger partial charge on any atom is 0.335 e. The molecule has 158 valence electrons. The third kappa shape index (κ3) is 3.66. The third-order valence-electron chi connectivity index (χ3n) is 5.52. The van der Waals surface area contributed by atoms with E-state index >= 15 is 0 Å². The quantitative estimate of drug-likeness (QED) is 0.497.